The van der Waals surface area contributed by atoms with Gasteiger partial charge in [-0.25, -0.2) is 0 Å². The zero-order valence-electron chi connectivity index (χ0n) is 15.9. The first-order valence-corrected chi connectivity index (χ1v) is 9.48. The van der Waals surface area contributed by atoms with Crippen LogP contribution in [0.25, 0.3) is 0 Å². The van der Waals surface area contributed by atoms with Crippen LogP contribution in [0.4, 0.5) is 0 Å². The second-order valence-corrected chi connectivity index (χ2v) is 7.33. The second-order valence-electron chi connectivity index (χ2n) is 7.33. The lowest BCUT2D eigenvalue weighted by Gasteiger charge is -2.32. The van der Waals surface area contributed by atoms with Crippen LogP contribution in [0.2, 0.25) is 0 Å². The minimum absolute atomic E-state index is 0.336. The van der Waals surface area contributed by atoms with Crippen LogP contribution in [0.5, 0.6) is 5.75 Å². The Kier molecular flexibility index (Phi) is 8.45. The summed E-state index contributed by atoms with van der Waals surface area (Å²) in [5, 5.41) is 10.3. The first-order chi connectivity index (χ1) is 12.1. The van der Waals surface area contributed by atoms with Crippen molar-refractivity contribution in [1.29, 1.82) is 0 Å². The summed E-state index contributed by atoms with van der Waals surface area (Å²) < 4.78 is 5.82. The molecule has 1 N–H and O–H groups in total. The first-order valence-electron chi connectivity index (χ1n) is 9.48. The maximum atomic E-state index is 10.3. The highest BCUT2D eigenvalue weighted by atomic mass is 16.5. The summed E-state index contributed by atoms with van der Waals surface area (Å²) >= 11 is 0. The maximum absolute atomic E-state index is 10.3. The average molecular weight is 347 g/mol. The van der Waals surface area contributed by atoms with Crippen molar-refractivity contribution in [1.82, 2.24) is 9.80 Å². The zero-order chi connectivity index (χ0) is 18.1. The predicted molar refractivity (Wildman–Crippen MR) is 104 cm³/mol. The molecule has 1 aliphatic rings. The molecule has 1 atom stereocenters. The SMILES string of the molecule is C=CCN(C)Cc1cccc(OCC(O)CN(C)C2CCCCC2)c1. The Balaban J connectivity index is 1.76. The number of hydrogen-bond donors (Lipinski definition) is 1. The summed E-state index contributed by atoms with van der Waals surface area (Å²) in [6.45, 7) is 6.49. The third-order valence-corrected chi connectivity index (χ3v) is 4.93. The van der Waals surface area contributed by atoms with Crippen LogP contribution in [-0.2, 0) is 6.54 Å². The smallest absolute Gasteiger partial charge is 0.119 e. The monoisotopic (exact) mass is 346 g/mol. The number of aliphatic hydroxyl groups excluding tert-OH is 1. The summed E-state index contributed by atoms with van der Waals surface area (Å²) in [6.07, 6.45) is 7.94. The molecule has 1 aromatic carbocycles. The Labute approximate surface area is 153 Å². The number of aliphatic hydroxyl groups is 1. The zero-order valence-corrected chi connectivity index (χ0v) is 15.9. The molecule has 1 unspecified atom stereocenters. The molecule has 1 saturated carbocycles. The molecule has 0 aliphatic heterocycles. The van der Waals surface area contributed by atoms with Crippen LogP contribution in [0, 0.1) is 0 Å². The fourth-order valence-corrected chi connectivity index (χ4v) is 3.58. The number of nitrogens with zero attached hydrogens (tertiary/aromatic N) is 2. The van der Waals surface area contributed by atoms with Crippen molar-refractivity contribution in [2.24, 2.45) is 0 Å². The van der Waals surface area contributed by atoms with Gasteiger partial charge in [-0.1, -0.05) is 37.5 Å². The third-order valence-electron chi connectivity index (χ3n) is 4.93. The van der Waals surface area contributed by atoms with Crippen LogP contribution in [0.3, 0.4) is 0 Å². The Morgan fingerprint density at radius 2 is 2.04 bits per heavy atom. The molecular formula is C21H34N2O2. The van der Waals surface area contributed by atoms with E-state index in [1.165, 1.54) is 37.7 Å². The lowest BCUT2D eigenvalue weighted by atomic mass is 9.94. The Morgan fingerprint density at radius 3 is 2.76 bits per heavy atom. The van der Waals surface area contributed by atoms with Gasteiger partial charge in [0, 0.05) is 25.7 Å². The maximum Gasteiger partial charge on any atom is 0.119 e. The van der Waals surface area contributed by atoms with E-state index in [0.717, 1.165) is 18.8 Å². The van der Waals surface area contributed by atoms with Gasteiger partial charge >= 0.3 is 0 Å². The van der Waals surface area contributed by atoms with Crippen LogP contribution < -0.4 is 4.74 Å². The summed E-state index contributed by atoms with van der Waals surface area (Å²) in [5.41, 5.74) is 1.20. The van der Waals surface area contributed by atoms with Gasteiger partial charge in [-0.2, -0.15) is 0 Å². The number of likely N-dealkylation sites (N-methyl/N-ethyl adjacent to an activating group) is 2. The summed E-state index contributed by atoms with van der Waals surface area (Å²) in [4.78, 5) is 4.49. The van der Waals surface area contributed by atoms with Gasteiger partial charge in [-0.05, 0) is 44.6 Å². The summed E-state index contributed by atoms with van der Waals surface area (Å²) in [5.74, 6) is 0.823. The van der Waals surface area contributed by atoms with Gasteiger partial charge in [0.25, 0.3) is 0 Å². The molecule has 4 heteroatoms. The standard InChI is InChI=1S/C21H34N2O2/c1-4-13-22(2)15-18-9-8-12-21(14-18)25-17-20(24)16-23(3)19-10-6-5-7-11-19/h4,8-9,12,14,19-20,24H,1,5-7,10-11,13,15-17H2,2-3H3. The molecule has 1 aliphatic carbocycles. The van der Waals surface area contributed by atoms with Crippen molar-refractivity contribution in [3.63, 3.8) is 0 Å². The van der Waals surface area contributed by atoms with E-state index < -0.39 is 6.10 Å². The van der Waals surface area contributed by atoms with E-state index >= 15 is 0 Å². The van der Waals surface area contributed by atoms with Gasteiger partial charge in [0.2, 0.25) is 0 Å². The topological polar surface area (TPSA) is 35.9 Å². The quantitative estimate of drug-likeness (QED) is 0.660. The van der Waals surface area contributed by atoms with Crippen LogP contribution in [-0.4, -0.2) is 60.8 Å². The molecule has 0 spiro atoms. The molecule has 2 rings (SSSR count). The minimum Gasteiger partial charge on any atom is -0.491 e. The molecule has 0 amide bonds. The number of ether oxygens (including phenoxy) is 1. The van der Waals surface area contributed by atoms with Crippen molar-refractivity contribution in [3.05, 3.63) is 42.5 Å². The Morgan fingerprint density at radius 1 is 1.28 bits per heavy atom. The molecule has 0 saturated heterocycles. The van der Waals surface area contributed by atoms with Crippen LogP contribution >= 0.6 is 0 Å². The lowest BCUT2D eigenvalue weighted by Crippen LogP contribution is -2.40. The van der Waals surface area contributed by atoms with Crippen molar-refractivity contribution in [2.45, 2.75) is 50.8 Å². The Hall–Kier alpha value is -1.36. The van der Waals surface area contributed by atoms with E-state index in [-0.39, 0.29) is 0 Å². The van der Waals surface area contributed by atoms with Crippen LogP contribution in [0.15, 0.2) is 36.9 Å². The Bertz CT molecular complexity index is 514. The number of rotatable bonds is 10. The second kappa shape index (κ2) is 10.6. The highest BCUT2D eigenvalue weighted by Crippen LogP contribution is 2.22. The van der Waals surface area contributed by atoms with Crippen LogP contribution in [0.1, 0.15) is 37.7 Å². The molecule has 4 nitrogen and oxygen atoms in total. The molecule has 0 radical (unpaired) electrons. The molecule has 0 bridgehead atoms. The largest absolute Gasteiger partial charge is 0.491 e. The highest BCUT2D eigenvalue weighted by Gasteiger charge is 2.20. The van der Waals surface area contributed by atoms with Crippen molar-refractivity contribution in [2.75, 3.05) is 33.8 Å². The van der Waals surface area contributed by atoms with Crippen molar-refractivity contribution < 1.29 is 9.84 Å². The minimum atomic E-state index is -0.459. The van der Waals surface area contributed by atoms with E-state index in [9.17, 15) is 5.11 Å². The molecule has 0 heterocycles. The molecule has 1 fully saturated rings. The first kappa shape index (κ1) is 20.0. The van der Waals surface area contributed by atoms with Crippen molar-refractivity contribution in [3.8, 4) is 5.75 Å². The van der Waals surface area contributed by atoms with Gasteiger partial charge in [-0.3, -0.25) is 4.90 Å². The summed E-state index contributed by atoms with van der Waals surface area (Å²) in [7, 11) is 4.19. The lowest BCUT2D eigenvalue weighted by molar-refractivity contribution is 0.0561. The normalized spacial score (nSPS) is 17.0. The fourth-order valence-electron chi connectivity index (χ4n) is 3.58. The molecule has 25 heavy (non-hydrogen) atoms. The molecular weight excluding hydrogens is 312 g/mol. The van der Waals surface area contributed by atoms with Gasteiger partial charge in [0.15, 0.2) is 0 Å². The molecule has 140 valence electrons. The van der Waals surface area contributed by atoms with Gasteiger partial charge in [0.05, 0.1) is 0 Å². The number of benzene rings is 1. The van der Waals surface area contributed by atoms with Crippen molar-refractivity contribution >= 4 is 0 Å². The van der Waals surface area contributed by atoms with E-state index in [0.29, 0.717) is 19.2 Å². The van der Waals surface area contributed by atoms with E-state index in [1.54, 1.807) is 0 Å². The van der Waals surface area contributed by atoms with E-state index in [1.807, 2.05) is 18.2 Å². The van der Waals surface area contributed by atoms with Gasteiger partial charge in [0.1, 0.15) is 18.5 Å². The van der Waals surface area contributed by atoms with E-state index in [2.05, 4.69) is 42.6 Å². The van der Waals surface area contributed by atoms with Gasteiger partial charge in [-0.15, -0.1) is 6.58 Å². The molecule has 1 aromatic rings. The number of hydrogen-bond acceptors (Lipinski definition) is 4. The molecule has 0 aromatic heterocycles. The van der Waals surface area contributed by atoms with E-state index in [4.69, 9.17) is 4.74 Å². The average Bonchev–Trinajstić information content (AvgIpc) is 2.61. The highest BCUT2D eigenvalue weighted by molar-refractivity contribution is 5.28. The fraction of sp³-hybridized carbons (Fsp3) is 0.619. The summed E-state index contributed by atoms with van der Waals surface area (Å²) in [6, 6.07) is 8.73. The third kappa shape index (κ3) is 7.18. The van der Waals surface area contributed by atoms with Gasteiger partial charge < -0.3 is 14.7 Å². The predicted octanol–water partition coefficient (Wildman–Crippen LogP) is 3.31.